The van der Waals surface area contributed by atoms with Crippen molar-refractivity contribution in [3.63, 3.8) is 0 Å². The van der Waals surface area contributed by atoms with Crippen LogP contribution in [-0.2, 0) is 4.74 Å². The van der Waals surface area contributed by atoms with Crippen LogP contribution in [-0.4, -0.2) is 49.3 Å². The first-order valence-electron chi connectivity index (χ1n) is 8.00. The van der Waals surface area contributed by atoms with Crippen molar-refractivity contribution in [2.75, 3.05) is 26.8 Å². The number of ether oxygens (including phenoxy) is 1. The average molecular weight is 279 g/mol. The first kappa shape index (κ1) is 15.8. The highest BCUT2D eigenvalue weighted by atomic mass is 16.5. The molecule has 20 heavy (non-hydrogen) atoms. The van der Waals surface area contributed by atoms with E-state index in [4.69, 9.17) is 4.74 Å². The van der Waals surface area contributed by atoms with Crippen LogP contribution in [0.4, 0.5) is 0 Å². The van der Waals surface area contributed by atoms with Crippen molar-refractivity contribution >= 4 is 0 Å². The smallest absolute Gasteiger partial charge is 0.108 e. The van der Waals surface area contributed by atoms with E-state index >= 15 is 0 Å². The molecule has 0 aromatic rings. The molecule has 0 radical (unpaired) electrons. The topological polar surface area (TPSA) is 48.3 Å². The fourth-order valence-corrected chi connectivity index (χ4v) is 3.31. The first-order chi connectivity index (χ1) is 9.58. The van der Waals surface area contributed by atoms with Crippen molar-refractivity contribution in [1.82, 2.24) is 10.2 Å². The van der Waals surface area contributed by atoms with Crippen molar-refractivity contribution < 1.29 is 4.74 Å². The lowest BCUT2D eigenvalue weighted by Gasteiger charge is -2.31. The van der Waals surface area contributed by atoms with E-state index in [0.717, 1.165) is 39.0 Å². The van der Waals surface area contributed by atoms with Crippen LogP contribution < -0.4 is 5.32 Å². The molecule has 114 valence electrons. The summed E-state index contributed by atoms with van der Waals surface area (Å²) in [6.45, 7) is 7.37. The number of hydrogen-bond donors (Lipinski definition) is 1. The summed E-state index contributed by atoms with van der Waals surface area (Å²) in [7, 11) is 1.76. The Morgan fingerprint density at radius 2 is 2.15 bits per heavy atom. The third-order valence-corrected chi connectivity index (χ3v) is 4.46. The van der Waals surface area contributed by atoms with Crippen LogP contribution in [0.5, 0.6) is 0 Å². The van der Waals surface area contributed by atoms with Gasteiger partial charge in [-0.25, -0.2) is 0 Å². The molecule has 0 saturated heterocycles. The third kappa shape index (κ3) is 4.18. The fraction of sp³-hybridized carbons (Fsp3) is 0.938. The van der Waals surface area contributed by atoms with Gasteiger partial charge in [-0.05, 0) is 38.0 Å². The average Bonchev–Trinajstić information content (AvgIpc) is 3.12. The second-order valence-electron chi connectivity index (χ2n) is 6.89. The molecule has 4 nitrogen and oxygen atoms in total. The lowest BCUT2D eigenvalue weighted by atomic mass is 9.99. The standard InChI is InChI=1S/C16H29N3O/c1-13(2)11-19(8-9-20-3)15-6-7-16(10-15,12-17)18-14-4-5-14/h13-15,18H,4-11H2,1-3H3. The molecule has 0 aromatic heterocycles. The van der Waals surface area contributed by atoms with E-state index in [0.29, 0.717) is 18.0 Å². The molecule has 0 heterocycles. The van der Waals surface area contributed by atoms with Crippen LogP contribution in [0.2, 0.25) is 0 Å². The Morgan fingerprint density at radius 1 is 1.40 bits per heavy atom. The molecular weight excluding hydrogens is 250 g/mol. The molecule has 2 unspecified atom stereocenters. The Kier molecular flexibility index (Phi) is 5.42. The van der Waals surface area contributed by atoms with E-state index in [-0.39, 0.29) is 5.54 Å². The van der Waals surface area contributed by atoms with Crippen LogP contribution >= 0.6 is 0 Å². The van der Waals surface area contributed by atoms with Gasteiger partial charge in [-0.2, -0.15) is 5.26 Å². The van der Waals surface area contributed by atoms with E-state index in [1.165, 1.54) is 12.8 Å². The van der Waals surface area contributed by atoms with E-state index in [9.17, 15) is 5.26 Å². The van der Waals surface area contributed by atoms with E-state index in [1.54, 1.807) is 7.11 Å². The summed E-state index contributed by atoms with van der Waals surface area (Å²) in [5, 5.41) is 13.2. The van der Waals surface area contributed by atoms with Gasteiger partial charge in [0, 0.05) is 32.3 Å². The molecule has 4 heteroatoms. The van der Waals surface area contributed by atoms with Gasteiger partial charge in [0.05, 0.1) is 12.7 Å². The highest BCUT2D eigenvalue weighted by molar-refractivity contribution is 5.15. The molecule has 0 aliphatic heterocycles. The Morgan fingerprint density at radius 3 is 2.70 bits per heavy atom. The monoisotopic (exact) mass is 279 g/mol. The van der Waals surface area contributed by atoms with Gasteiger partial charge in [0.15, 0.2) is 0 Å². The number of nitriles is 1. The number of methoxy groups -OCH3 is 1. The SMILES string of the molecule is COCCN(CC(C)C)C1CCC(C#N)(NC2CC2)C1. The van der Waals surface area contributed by atoms with Gasteiger partial charge in [0.1, 0.15) is 5.54 Å². The van der Waals surface area contributed by atoms with Gasteiger partial charge in [-0.3, -0.25) is 10.2 Å². The molecule has 2 aliphatic rings. The zero-order chi connectivity index (χ0) is 14.6. The number of nitrogens with one attached hydrogen (secondary N) is 1. The third-order valence-electron chi connectivity index (χ3n) is 4.46. The minimum atomic E-state index is -0.270. The molecule has 2 atom stereocenters. The van der Waals surface area contributed by atoms with E-state index < -0.39 is 0 Å². The molecule has 2 rings (SSSR count). The molecule has 0 spiro atoms. The largest absolute Gasteiger partial charge is 0.383 e. The zero-order valence-corrected chi connectivity index (χ0v) is 13.2. The summed E-state index contributed by atoms with van der Waals surface area (Å²) in [4.78, 5) is 2.53. The van der Waals surface area contributed by atoms with Gasteiger partial charge in [0.25, 0.3) is 0 Å². The van der Waals surface area contributed by atoms with Crippen molar-refractivity contribution in [3.05, 3.63) is 0 Å². The number of hydrogen-bond acceptors (Lipinski definition) is 4. The zero-order valence-electron chi connectivity index (χ0n) is 13.2. The fourth-order valence-electron chi connectivity index (χ4n) is 3.31. The van der Waals surface area contributed by atoms with Gasteiger partial charge >= 0.3 is 0 Å². The summed E-state index contributed by atoms with van der Waals surface area (Å²) in [6, 6.07) is 3.70. The Hall–Kier alpha value is -0.630. The minimum Gasteiger partial charge on any atom is -0.383 e. The molecule has 0 amide bonds. The molecule has 2 saturated carbocycles. The summed E-state index contributed by atoms with van der Waals surface area (Å²) in [6.07, 6.45) is 5.58. The van der Waals surface area contributed by atoms with Crippen LogP contribution in [0.25, 0.3) is 0 Å². The maximum atomic E-state index is 9.60. The van der Waals surface area contributed by atoms with Crippen LogP contribution in [0.15, 0.2) is 0 Å². The quantitative estimate of drug-likeness (QED) is 0.739. The summed E-state index contributed by atoms with van der Waals surface area (Å²) < 4.78 is 5.24. The molecule has 1 N–H and O–H groups in total. The summed E-state index contributed by atoms with van der Waals surface area (Å²) in [5.74, 6) is 0.653. The normalized spacial score (nSPS) is 30.1. The van der Waals surface area contributed by atoms with Gasteiger partial charge in [-0.15, -0.1) is 0 Å². The lowest BCUT2D eigenvalue weighted by molar-refractivity contribution is 0.109. The Balaban J connectivity index is 1.94. The van der Waals surface area contributed by atoms with Crippen LogP contribution in [0.1, 0.15) is 46.0 Å². The maximum Gasteiger partial charge on any atom is 0.108 e. The molecular formula is C16H29N3O. The summed E-state index contributed by atoms with van der Waals surface area (Å²) in [5.41, 5.74) is -0.270. The molecule has 2 aliphatic carbocycles. The summed E-state index contributed by atoms with van der Waals surface area (Å²) >= 11 is 0. The Bertz CT molecular complexity index is 348. The van der Waals surface area contributed by atoms with Crippen LogP contribution in [0, 0.1) is 17.2 Å². The van der Waals surface area contributed by atoms with E-state index in [1.807, 2.05) is 0 Å². The molecule has 0 aromatic carbocycles. The van der Waals surface area contributed by atoms with Crippen LogP contribution in [0.3, 0.4) is 0 Å². The van der Waals surface area contributed by atoms with Gasteiger partial charge < -0.3 is 4.74 Å². The van der Waals surface area contributed by atoms with Crippen molar-refractivity contribution in [1.29, 1.82) is 5.26 Å². The Labute approximate surface area is 123 Å². The predicted molar refractivity (Wildman–Crippen MR) is 80.4 cm³/mol. The number of nitrogens with zero attached hydrogens (tertiary/aromatic N) is 2. The van der Waals surface area contributed by atoms with Crippen molar-refractivity contribution in [2.24, 2.45) is 5.92 Å². The van der Waals surface area contributed by atoms with Gasteiger partial charge in [0.2, 0.25) is 0 Å². The highest BCUT2D eigenvalue weighted by Crippen LogP contribution is 2.36. The maximum absolute atomic E-state index is 9.60. The molecule has 2 fully saturated rings. The second-order valence-corrected chi connectivity index (χ2v) is 6.89. The van der Waals surface area contributed by atoms with Crippen molar-refractivity contribution in [3.8, 4) is 6.07 Å². The minimum absolute atomic E-state index is 0.270. The first-order valence-corrected chi connectivity index (χ1v) is 8.00. The van der Waals surface area contributed by atoms with E-state index in [2.05, 4.69) is 30.1 Å². The van der Waals surface area contributed by atoms with Crippen molar-refractivity contribution in [2.45, 2.75) is 63.6 Å². The highest BCUT2D eigenvalue weighted by Gasteiger charge is 2.44. The molecule has 0 bridgehead atoms. The van der Waals surface area contributed by atoms with Gasteiger partial charge in [-0.1, -0.05) is 13.8 Å². The predicted octanol–water partition coefficient (Wildman–Crippen LogP) is 2.16. The second kappa shape index (κ2) is 6.89. The number of rotatable bonds is 8. The lowest BCUT2D eigenvalue weighted by Crippen LogP contribution is -2.46.